The molecule has 2 fully saturated rings. The highest BCUT2D eigenvalue weighted by Gasteiger charge is 2.31. The molecular weight excluding hydrogens is 491 g/mol. The normalized spacial score (nSPS) is 17.9. The molecule has 1 amide bonds. The number of nitrogens with one attached hydrogen (secondary N) is 1. The zero-order valence-electron chi connectivity index (χ0n) is 19.0. The van der Waals surface area contributed by atoms with Crippen LogP contribution in [0.5, 0.6) is 5.75 Å². The van der Waals surface area contributed by atoms with Crippen LogP contribution in [0.4, 0.5) is 0 Å². The molecule has 2 atom stereocenters. The van der Waals surface area contributed by atoms with Crippen molar-refractivity contribution in [3.05, 3.63) is 63.8 Å². The van der Waals surface area contributed by atoms with E-state index in [9.17, 15) is 14.7 Å². The van der Waals surface area contributed by atoms with Crippen LogP contribution in [0.25, 0.3) is 11.0 Å². The highest BCUT2D eigenvalue weighted by molar-refractivity contribution is 6.42. The van der Waals surface area contributed by atoms with Gasteiger partial charge >= 0.3 is 0 Å². The second-order valence-corrected chi connectivity index (χ2v) is 10.0. The number of nitrogens with zero attached hydrogens (tertiary/aromatic N) is 1. The van der Waals surface area contributed by atoms with Crippen molar-refractivity contribution in [3.8, 4) is 5.75 Å². The molecule has 9 heteroatoms. The van der Waals surface area contributed by atoms with Crippen molar-refractivity contribution in [1.82, 2.24) is 10.2 Å². The van der Waals surface area contributed by atoms with Gasteiger partial charge in [-0.15, -0.1) is 0 Å². The summed E-state index contributed by atoms with van der Waals surface area (Å²) >= 11 is 12.4. The third-order valence-electron chi connectivity index (χ3n) is 6.38. The molecule has 1 aliphatic carbocycles. The Balaban J connectivity index is 1.34. The van der Waals surface area contributed by atoms with E-state index < -0.39 is 23.8 Å². The maximum atomic E-state index is 12.9. The van der Waals surface area contributed by atoms with E-state index in [1.165, 1.54) is 6.07 Å². The molecule has 184 valence electrons. The van der Waals surface area contributed by atoms with Crippen molar-refractivity contribution in [2.24, 2.45) is 0 Å². The molecule has 2 heterocycles. The Kier molecular flexibility index (Phi) is 7.02. The van der Waals surface area contributed by atoms with Crippen LogP contribution in [0.3, 0.4) is 0 Å². The minimum absolute atomic E-state index is 0.0844. The number of ether oxygens (including phenoxy) is 1. The number of benzene rings is 2. The molecule has 0 bridgehead atoms. The Bertz CT molecular complexity index is 1250. The maximum absolute atomic E-state index is 12.9. The smallest absolute Gasteiger partial charge is 0.296 e. The molecule has 2 aliphatic rings. The molecule has 2 unspecified atom stereocenters. The molecule has 1 aliphatic heterocycles. The molecular formula is C26H26Cl2N2O5. The molecule has 2 N–H and O–H groups in total. The van der Waals surface area contributed by atoms with E-state index in [1.54, 1.807) is 36.4 Å². The van der Waals surface area contributed by atoms with Gasteiger partial charge in [0, 0.05) is 17.0 Å². The lowest BCUT2D eigenvalue weighted by Gasteiger charge is -2.28. The molecule has 0 spiro atoms. The fourth-order valence-electron chi connectivity index (χ4n) is 4.33. The van der Waals surface area contributed by atoms with Gasteiger partial charge in [0.05, 0.1) is 17.2 Å². The molecule has 2 aromatic carbocycles. The first-order valence-corrected chi connectivity index (χ1v) is 12.5. The van der Waals surface area contributed by atoms with Gasteiger partial charge < -0.3 is 24.5 Å². The molecule has 35 heavy (non-hydrogen) atoms. The Hall–Kier alpha value is -2.58. The van der Waals surface area contributed by atoms with Crippen LogP contribution in [-0.4, -0.2) is 53.5 Å². The van der Waals surface area contributed by atoms with E-state index in [1.807, 2.05) is 0 Å². The zero-order valence-corrected chi connectivity index (χ0v) is 20.5. The van der Waals surface area contributed by atoms with Gasteiger partial charge in [0.2, 0.25) is 0 Å². The lowest BCUT2D eigenvalue weighted by atomic mass is 10.0. The van der Waals surface area contributed by atoms with Crippen LogP contribution >= 0.6 is 23.2 Å². The summed E-state index contributed by atoms with van der Waals surface area (Å²) in [6.45, 7) is 2.13. The molecule has 3 aromatic rings. The highest BCUT2D eigenvalue weighted by Crippen LogP contribution is 2.34. The minimum atomic E-state index is -1.07. The van der Waals surface area contributed by atoms with E-state index in [0.29, 0.717) is 38.9 Å². The minimum Gasteiger partial charge on any atom is -0.489 e. The number of Topliss-reactive ketones (excluding diaryl/α,β-unsaturated/α-hetero) is 1. The molecule has 5 rings (SSSR count). The quantitative estimate of drug-likeness (QED) is 0.314. The van der Waals surface area contributed by atoms with Gasteiger partial charge in [0.25, 0.3) is 11.7 Å². The van der Waals surface area contributed by atoms with Gasteiger partial charge in [0.1, 0.15) is 17.4 Å². The second kappa shape index (κ2) is 10.2. The fraction of sp³-hybridized carbons (Fsp3) is 0.385. The summed E-state index contributed by atoms with van der Waals surface area (Å²) in [5.74, 6) is -1.18. The third kappa shape index (κ3) is 5.64. The summed E-state index contributed by atoms with van der Waals surface area (Å²) in [5, 5.41) is 15.5. The maximum Gasteiger partial charge on any atom is 0.296 e. The van der Waals surface area contributed by atoms with E-state index in [0.717, 1.165) is 38.8 Å². The first kappa shape index (κ1) is 24.1. The van der Waals surface area contributed by atoms with Gasteiger partial charge in [-0.3, -0.25) is 9.59 Å². The van der Waals surface area contributed by atoms with Gasteiger partial charge in [-0.05, 0) is 80.7 Å². The Morgan fingerprint density at radius 1 is 1.11 bits per heavy atom. The molecule has 1 aromatic heterocycles. The largest absolute Gasteiger partial charge is 0.489 e. The highest BCUT2D eigenvalue weighted by atomic mass is 35.5. The van der Waals surface area contributed by atoms with Crippen molar-refractivity contribution in [3.63, 3.8) is 0 Å². The summed E-state index contributed by atoms with van der Waals surface area (Å²) in [7, 11) is 0. The summed E-state index contributed by atoms with van der Waals surface area (Å²) < 4.78 is 11.3. The van der Waals surface area contributed by atoms with Crippen molar-refractivity contribution in [2.45, 2.75) is 43.9 Å². The summed E-state index contributed by atoms with van der Waals surface area (Å²) in [6.07, 6.45) is 3.25. The molecule has 1 saturated carbocycles. The number of carbonyl (C=O) groups excluding carboxylic acids is 2. The molecule has 0 radical (unpaired) electrons. The van der Waals surface area contributed by atoms with Crippen molar-refractivity contribution in [1.29, 1.82) is 0 Å². The topological polar surface area (TPSA) is 92.0 Å². The monoisotopic (exact) mass is 516 g/mol. The molecule has 1 saturated heterocycles. The summed E-state index contributed by atoms with van der Waals surface area (Å²) in [5.41, 5.74) is 0.996. The Labute approximate surface area is 212 Å². The Morgan fingerprint density at radius 2 is 1.89 bits per heavy atom. The first-order chi connectivity index (χ1) is 16.9. The van der Waals surface area contributed by atoms with E-state index in [4.69, 9.17) is 32.4 Å². The Morgan fingerprint density at radius 3 is 2.60 bits per heavy atom. The number of ketones is 1. The number of likely N-dealkylation sites (tertiary alicyclic amines) is 1. The number of hydrogen-bond donors (Lipinski definition) is 2. The number of halogens is 2. The van der Waals surface area contributed by atoms with Gasteiger partial charge in [-0.2, -0.15) is 0 Å². The summed E-state index contributed by atoms with van der Waals surface area (Å²) in [6, 6.07) is 10.8. The second-order valence-electron chi connectivity index (χ2n) is 9.16. The zero-order chi connectivity index (χ0) is 24.5. The third-order valence-corrected chi connectivity index (χ3v) is 6.91. The van der Waals surface area contributed by atoms with E-state index in [-0.39, 0.29) is 11.9 Å². The van der Waals surface area contributed by atoms with Crippen molar-refractivity contribution < 1.29 is 23.8 Å². The van der Waals surface area contributed by atoms with Crippen LogP contribution in [-0.2, 0) is 4.79 Å². The fourth-order valence-corrected chi connectivity index (χ4v) is 4.75. The first-order valence-electron chi connectivity index (χ1n) is 11.8. The number of aliphatic hydroxyl groups excluding tert-OH is 1. The number of amides is 1. The van der Waals surface area contributed by atoms with Gasteiger partial charge in [0.15, 0.2) is 5.76 Å². The lowest BCUT2D eigenvalue weighted by Crippen LogP contribution is -2.48. The van der Waals surface area contributed by atoms with Crippen LogP contribution in [0.15, 0.2) is 46.9 Å². The lowest BCUT2D eigenvalue weighted by molar-refractivity contribution is -0.118. The van der Waals surface area contributed by atoms with Crippen molar-refractivity contribution >= 4 is 45.9 Å². The predicted molar refractivity (Wildman–Crippen MR) is 133 cm³/mol. The van der Waals surface area contributed by atoms with Gasteiger partial charge in [-0.25, -0.2) is 0 Å². The number of aliphatic hydroxyl groups is 1. The van der Waals surface area contributed by atoms with E-state index in [2.05, 4.69) is 10.2 Å². The number of rotatable bonds is 9. The molecule has 7 nitrogen and oxygen atoms in total. The van der Waals surface area contributed by atoms with Gasteiger partial charge in [-0.1, -0.05) is 29.3 Å². The predicted octanol–water partition coefficient (Wildman–Crippen LogP) is 4.78. The number of hydrogen-bond acceptors (Lipinski definition) is 6. The average molecular weight is 517 g/mol. The van der Waals surface area contributed by atoms with Crippen LogP contribution in [0, 0.1) is 0 Å². The van der Waals surface area contributed by atoms with Crippen LogP contribution in [0.2, 0.25) is 10.0 Å². The average Bonchev–Trinajstić information content (AvgIpc) is 3.32. The number of furan rings is 1. The SMILES string of the molecule is O=C(NC(CN1CCCC1)C(O)c1ccc(OC2CC2)c(Cl)c1)C(=O)c1cc2cc(Cl)ccc2o1. The number of fused-ring (bicyclic) bond motifs is 1. The number of carbonyl (C=O) groups is 2. The van der Waals surface area contributed by atoms with Crippen LogP contribution in [0.1, 0.15) is 47.9 Å². The standard InChI is InChI=1S/C26H26Cl2N2O5/c27-17-4-8-21-16(11-17)13-23(35-21)25(32)26(33)29-20(14-30-9-1-2-10-30)24(31)15-3-7-22(19(28)12-15)34-18-5-6-18/h3-4,7-8,11-13,18,20,24,31H,1-2,5-6,9-10,14H2,(H,29,33). The summed E-state index contributed by atoms with van der Waals surface area (Å²) in [4.78, 5) is 28.0. The van der Waals surface area contributed by atoms with Crippen molar-refractivity contribution in [2.75, 3.05) is 19.6 Å². The van der Waals surface area contributed by atoms with Crippen LogP contribution < -0.4 is 10.1 Å². The van der Waals surface area contributed by atoms with E-state index >= 15 is 0 Å².